The Morgan fingerprint density at radius 1 is 0.633 bits per heavy atom. The molecular formula is C29H27F. The summed E-state index contributed by atoms with van der Waals surface area (Å²) in [6.07, 6.45) is 5.80. The second-order valence-corrected chi connectivity index (χ2v) is 7.40. The van der Waals surface area contributed by atoms with Crippen molar-refractivity contribution in [3.63, 3.8) is 0 Å². The van der Waals surface area contributed by atoms with Gasteiger partial charge < -0.3 is 0 Å². The lowest BCUT2D eigenvalue weighted by molar-refractivity contribution is 0.624. The fourth-order valence-electron chi connectivity index (χ4n) is 3.14. The molecule has 3 aromatic rings. The molecule has 0 amide bonds. The van der Waals surface area contributed by atoms with Gasteiger partial charge in [0.25, 0.3) is 0 Å². The predicted octanol–water partition coefficient (Wildman–Crippen LogP) is 6.92. The molecule has 0 atom stereocenters. The molecule has 0 aliphatic carbocycles. The van der Waals surface area contributed by atoms with Crippen LogP contribution < -0.4 is 0 Å². The molecule has 30 heavy (non-hydrogen) atoms. The van der Waals surface area contributed by atoms with Gasteiger partial charge in [0.1, 0.15) is 5.82 Å². The highest BCUT2D eigenvalue weighted by Gasteiger charge is 2.00. The second kappa shape index (κ2) is 11.0. The first-order valence-corrected chi connectivity index (χ1v) is 10.7. The molecule has 0 N–H and O–H groups in total. The summed E-state index contributed by atoms with van der Waals surface area (Å²) in [5.41, 5.74) is 5.46. The Bertz CT molecular complexity index is 1080. The summed E-state index contributed by atoms with van der Waals surface area (Å²) < 4.78 is 14.4. The number of aryl methyl sites for hydroxylation is 2. The van der Waals surface area contributed by atoms with Crippen molar-refractivity contribution >= 4 is 0 Å². The van der Waals surface area contributed by atoms with Gasteiger partial charge in [0.2, 0.25) is 0 Å². The fraction of sp³-hybridized carbons (Fsp3) is 0.241. The van der Waals surface area contributed by atoms with E-state index in [4.69, 9.17) is 0 Å². The molecule has 0 saturated carbocycles. The third-order valence-corrected chi connectivity index (χ3v) is 5.05. The van der Waals surface area contributed by atoms with E-state index in [1.54, 1.807) is 6.07 Å². The zero-order valence-electron chi connectivity index (χ0n) is 17.8. The van der Waals surface area contributed by atoms with Crippen molar-refractivity contribution < 1.29 is 4.39 Å². The molecular weight excluding hydrogens is 367 g/mol. The molecule has 0 aromatic heterocycles. The van der Waals surface area contributed by atoms with Gasteiger partial charge in [0.05, 0.1) is 5.56 Å². The molecule has 1 heteroatoms. The summed E-state index contributed by atoms with van der Waals surface area (Å²) in [6.45, 7) is 4.33. The number of rotatable bonds is 5. The van der Waals surface area contributed by atoms with Crippen LogP contribution in [0.25, 0.3) is 0 Å². The number of benzene rings is 3. The average molecular weight is 395 g/mol. The van der Waals surface area contributed by atoms with Crippen molar-refractivity contribution in [2.75, 3.05) is 0 Å². The molecule has 150 valence electrons. The maximum Gasteiger partial charge on any atom is 0.140 e. The lowest BCUT2D eigenvalue weighted by atomic mass is 10.1. The quantitative estimate of drug-likeness (QED) is 0.325. The van der Waals surface area contributed by atoms with E-state index in [1.165, 1.54) is 36.5 Å². The Labute approximate surface area is 180 Å². The highest BCUT2D eigenvalue weighted by Crippen LogP contribution is 2.11. The number of hydrogen-bond donors (Lipinski definition) is 0. The normalized spacial score (nSPS) is 9.97. The van der Waals surface area contributed by atoms with Gasteiger partial charge in [-0.25, -0.2) is 4.39 Å². The van der Waals surface area contributed by atoms with E-state index in [0.717, 1.165) is 24.0 Å². The lowest BCUT2D eigenvalue weighted by Gasteiger charge is -2.00. The summed E-state index contributed by atoms with van der Waals surface area (Å²) in [5, 5.41) is 0. The van der Waals surface area contributed by atoms with Crippen LogP contribution in [0.5, 0.6) is 0 Å². The van der Waals surface area contributed by atoms with Crippen LogP contribution in [0.4, 0.5) is 4.39 Å². The Kier molecular flexibility index (Phi) is 7.88. The highest BCUT2D eigenvalue weighted by atomic mass is 19.1. The largest absolute Gasteiger partial charge is 0.206 e. The molecule has 0 unspecified atom stereocenters. The molecule has 0 fully saturated rings. The zero-order chi connectivity index (χ0) is 21.2. The molecule has 0 bridgehead atoms. The minimum atomic E-state index is -0.341. The van der Waals surface area contributed by atoms with Gasteiger partial charge in [0, 0.05) is 16.7 Å². The zero-order valence-corrected chi connectivity index (χ0v) is 17.8. The van der Waals surface area contributed by atoms with Crippen molar-refractivity contribution in [2.24, 2.45) is 0 Å². The molecule has 0 nitrogen and oxygen atoms in total. The van der Waals surface area contributed by atoms with Crippen LogP contribution in [-0.2, 0) is 12.8 Å². The standard InChI is InChI=1S/C29H27F/c1-3-5-6-7-24-12-14-26(15-13-24)18-20-28-21-19-27(22-29(28)30)17-16-25-10-8-23(4-2)9-11-25/h8-15,19,21-22H,3-7H2,1-2H3. The first-order chi connectivity index (χ1) is 14.7. The van der Waals surface area contributed by atoms with Crippen LogP contribution in [0.3, 0.4) is 0 Å². The van der Waals surface area contributed by atoms with Gasteiger partial charge in [-0.1, -0.05) is 74.6 Å². The fourth-order valence-corrected chi connectivity index (χ4v) is 3.14. The SMILES string of the molecule is CCCCCc1ccc(C#Cc2ccc(C#Cc3ccc(CC)cc3)cc2F)cc1. The van der Waals surface area contributed by atoms with E-state index in [-0.39, 0.29) is 5.82 Å². The molecule has 0 radical (unpaired) electrons. The minimum absolute atomic E-state index is 0.341. The highest BCUT2D eigenvalue weighted by molar-refractivity contribution is 5.49. The van der Waals surface area contributed by atoms with Crippen LogP contribution >= 0.6 is 0 Å². The molecule has 0 saturated heterocycles. The monoisotopic (exact) mass is 394 g/mol. The smallest absolute Gasteiger partial charge is 0.140 e. The molecule has 3 rings (SSSR count). The Morgan fingerprint density at radius 3 is 1.80 bits per heavy atom. The first kappa shape index (κ1) is 21.4. The van der Waals surface area contributed by atoms with Crippen molar-refractivity contribution in [3.05, 3.63) is 106 Å². The average Bonchev–Trinajstić information content (AvgIpc) is 2.78. The van der Waals surface area contributed by atoms with E-state index in [2.05, 4.69) is 61.8 Å². The van der Waals surface area contributed by atoms with Gasteiger partial charge in [-0.05, 0) is 72.9 Å². The maximum absolute atomic E-state index is 14.4. The van der Waals surface area contributed by atoms with E-state index in [1.807, 2.05) is 30.3 Å². The van der Waals surface area contributed by atoms with Gasteiger partial charge >= 0.3 is 0 Å². The summed E-state index contributed by atoms with van der Waals surface area (Å²) in [5.74, 6) is 11.8. The van der Waals surface area contributed by atoms with Gasteiger partial charge in [-0.2, -0.15) is 0 Å². The minimum Gasteiger partial charge on any atom is -0.206 e. The predicted molar refractivity (Wildman–Crippen MR) is 124 cm³/mol. The lowest BCUT2D eigenvalue weighted by Crippen LogP contribution is -1.87. The second-order valence-electron chi connectivity index (χ2n) is 7.40. The number of unbranched alkanes of at least 4 members (excludes halogenated alkanes) is 2. The molecule has 0 heterocycles. The van der Waals surface area contributed by atoms with Gasteiger partial charge in [0.15, 0.2) is 0 Å². The summed E-state index contributed by atoms with van der Waals surface area (Å²) in [6, 6.07) is 21.3. The third-order valence-electron chi connectivity index (χ3n) is 5.05. The summed E-state index contributed by atoms with van der Waals surface area (Å²) in [7, 11) is 0. The van der Waals surface area contributed by atoms with Crippen LogP contribution in [0.2, 0.25) is 0 Å². The molecule has 3 aromatic carbocycles. The van der Waals surface area contributed by atoms with Gasteiger partial charge in [-0.3, -0.25) is 0 Å². The topological polar surface area (TPSA) is 0 Å². The Morgan fingerprint density at radius 2 is 1.20 bits per heavy atom. The van der Waals surface area contributed by atoms with E-state index in [9.17, 15) is 4.39 Å². The van der Waals surface area contributed by atoms with E-state index in [0.29, 0.717) is 11.1 Å². The third kappa shape index (κ3) is 6.37. The Balaban J connectivity index is 1.67. The first-order valence-electron chi connectivity index (χ1n) is 10.7. The van der Waals surface area contributed by atoms with E-state index < -0.39 is 0 Å². The van der Waals surface area contributed by atoms with Crippen molar-refractivity contribution in [3.8, 4) is 23.7 Å². The molecule has 0 aliphatic rings. The summed E-state index contributed by atoms with van der Waals surface area (Å²) in [4.78, 5) is 0. The van der Waals surface area contributed by atoms with Crippen LogP contribution in [0.1, 0.15) is 66.5 Å². The van der Waals surface area contributed by atoms with Crippen molar-refractivity contribution in [1.82, 2.24) is 0 Å². The summed E-state index contributed by atoms with van der Waals surface area (Å²) >= 11 is 0. The molecule has 0 aliphatic heterocycles. The van der Waals surface area contributed by atoms with Crippen LogP contribution in [0.15, 0.2) is 66.7 Å². The Hall–Kier alpha value is -3.29. The van der Waals surface area contributed by atoms with E-state index >= 15 is 0 Å². The maximum atomic E-state index is 14.4. The van der Waals surface area contributed by atoms with Crippen LogP contribution in [0, 0.1) is 29.5 Å². The number of halogens is 1. The molecule has 0 spiro atoms. The van der Waals surface area contributed by atoms with Crippen molar-refractivity contribution in [2.45, 2.75) is 46.0 Å². The van der Waals surface area contributed by atoms with Crippen LogP contribution in [-0.4, -0.2) is 0 Å². The number of hydrogen-bond acceptors (Lipinski definition) is 0. The van der Waals surface area contributed by atoms with Gasteiger partial charge in [-0.15, -0.1) is 0 Å². The van der Waals surface area contributed by atoms with Crippen molar-refractivity contribution in [1.29, 1.82) is 0 Å².